The fourth-order valence-corrected chi connectivity index (χ4v) is 3.03. The van der Waals surface area contributed by atoms with Crippen molar-refractivity contribution < 1.29 is 18.1 Å². The van der Waals surface area contributed by atoms with E-state index in [-0.39, 0.29) is 22.7 Å². The number of benzene rings is 1. The molecular formula is C12H18N2O5S. The average Bonchev–Trinajstić information content (AvgIpc) is 2.38. The third-order valence-electron chi connectivity index (χ3n) is 2.70. The molecule has 0 saturated heterocycles. The average molecular weight is 302 g/mol. The van der Waals surface area contributed by atoms with E-state index >= 15 is 0 Å². The van der Waals surface area contributed by atoms with Crippen molar-refractivity contribution in [2.24, 2.45) is 0 Å². The highest BCUT2D eigenvalue weighted by Gasteiger charge is 2.22. The Bertz CT molecular complexity index is 571. The molecular weight excluding hydrogens is 284 g/mol. The van der Waals surface area contributed by atoms with Gasteiger partial charge in [-0.1, -0.05) is 6.07 Å². The van der Waals surface area contributed by atoms with Crippen LogP contribution >= 0.6 is 0 Å². The molecule has 0 aliphatic carbocycles. The largest absolute Gasteiger partial charge is 0.382 e. The molecule has 1 N–H and O–H groups in total. The quantitative estimate of drug-likeness (QED) is 0.447. The van der Waals surface area contributed by atoms with Gasteiger partial charge in [0.25, 0.3) is 5.69 Å². The van der Waals surface area contributed by atoms with Gasteiger partial charge in [0.05, 0.1) is 9.82 Å². The first-order valence-corrected chi connectivity index (χ1v) is 7.70. The van der Waals surface area contributed by atoms with Crippen molar-refractivity contribution in [2.45, 2.75) is 25.2 Å². The molecule has 8 heteroatoms. The number of hydrogen-bond donors (Lipinski definition) is 1. The molecule has 0 fully saturated rings. The molecule has 0 aliphatic heterocycles. The summed E-state index contributed by atoms with van der Waals surface area (Å²) >= 11 is 0. The first-order chi connectivity index (χ1) is 9.40. The van der Waals surface area contributed by atoms with Crippen LogP contribution in [-0.4, -0.2) is 33.1 Å². The maximum atomic E-state index is 12.1. The van der Waals surface area contributed by atoms with Crippen LogP contribution in [0.15, 0.2) is 23.1 Å². The first-order valence-electron chi connectivity index (χ1n) is 6.21. The van der Waals surface area contributed by atoms with Crippen molar-refractivity contribution in [1.82, 2.24) is 4.72 Å². The normalized spacial score (nSPS) is 11.5. The van der Waals surface area contributed by atoms with Gasteiger partial charge in [-0.15, -0.1) is 0 Å². The van der Waals surface area contributed by atoms with Crippen LogP contribution in [0.1, 0.15) is 18.9 Å². The number of hydrogen-bond acceptors (Lipinski definition) is 5. The standard InChI is InChI=1S/C12H18N2O5S/c1-3-19-9-5-8-13-20(17,18)12-7-4-6-11(10(12)2)14(15)16/h4,6-7,13H,3,5,8-9H2,1-2H3. The lowest BCUT2D eigenvalue weighted by atomic mass is 10.2. The highest BCUT2D eigenvalue weighted by atomic mass is 32.2. The minimum Gasteiger partial charge on any atom is -0.382 e. The Morgan fingerprint density at radius 2 is 2.10 bits per heavy atom. The van der Waals surface area contributed by atoms with E-state index in [9.17, 15) is 18.5 Å². The predicted octanol–water partition coefficient (Wildman–Crippen LogP) is 1.61. The number of nitro benzene ring substituents is 1. The van der Waals surface area contributed by atoms with Crippen molar-refractivity contribution in [3.05, 3.63) is 33.9 Å². The second kappa shape index (κ2) is 7.32. The summed E-state index contributed by atoms with van der Waals surface area (Å²) < 4.78 is 31.7. The van der Waals surface area contributed by atoms with E-state index in [0.29, 0.717) is 19.6 Å². The number of rotatable bonds is 8. The minimum atomic E-state index is -3.74. The smallest absolute Gasteiger partial charge is 0.273 e. The van der Waals surface area contributed by atoms with Crippen LogP contribution in [0, 0.1) is 17.0 Å². The molecule has 0 aromatic heterocycles. The van der Waals surface area contributed by atoms with E-state index in [4.69, 9.17) is 4.74 Å². The maximum Gasteiger partial charge on any atom is 0.273 e. The monoisotopic (exact) mass is 302 g/mol. The number of nitrogens with zero attached hydrogens (tertiary/aromatic N) is 1. The Balaban J connectivity index is 2.83. The summed E-state index contributed by atoms with van der Waals surface area (Å²) in [6, 6.07) is 4.00. The van der Waals surface area contributed by atoms with E-state index in [1.807, 2.05) is 6.92 Å². The molecule has 0 amide bonds. The van der Waals surface area contributed by atoms with Crippen LogP contribution in [0.4, 0.5) is 5.69 Å². The molecule has 1 rings (SSSR count). The Morgan fingerprint density at radius 3 is 2.70 bits per heavy atom. The predicted molar refractivity (Wildman–Crippen MR) is 74.1 cm³/mol. The Hall–Kier alpha value is -1.51. The van der Waals surface area contributed by atoms with E-state index in [1.54, 1.807) is 0 Å². The van der Waals surface area contributed by atoms with E-state index < -0.39 is 14.9 Å². The van der Waals surface area contributed by atoms with Crippen molar-refractivity contribution in [1.29, 1.82) is 0 Å². The molecule has 20 heavy (non-hydrogen) atoms. The zero-order chi connectivity index (χ0) is 15.2. The molecule has 112 valence electrons. The third kappa shape index (κ3) is 4.26. The topological polar surface area (TPSA) is 98.5 Å². The van der Waals surface area contributed by atoms with E-state index in [1.165, 1.54) is 25.1 Å². The maximum absolute atomic E-state index is 12.1. The molecule has 0 radical (unpaired) electrons. The summed E-state index contributed by atoms with van der Waals surface area (Å²) in [5.74, 6) is 0. The molecule has 0 saturated carbocycles. The van der Waals surface area contributed by atoms with Crippen LogP contribution < -0.4 is 4.72 Å². The van der Waals surface area contributed by atoms with E-state index in [0.717, 1.165) is 0 Å². The van der Waals surface area contributed by atoms with Gasteiger partial charge in [0.2, 0.25) is 10.0 Å². The van der Waals surface area contributed by atoms with Crippen LogP contribution in [0.5, 0.6) is 0 Å². The molecule has 0 atom stereocenters. The minimum absolute atomic E-state index is 0.0666. The fraction of sp³-hybridized carbons (Fsp3) is 0.500. The van der Waals surface area contributed by atoms with Crippen LogP contribution in [0.2, 0.25) is 0 Å². The highest BCUT2D eigenvalue weighted by molar-refractivity contribution is 7.89. The SMILES string of the molecule is CCOCCCNS(=O)(=O)c1cccc([N+](=O)[O-])c1C. The number of ether oxygens (including phenoxy) is 1. The van der Waals surface area contributed by atoms with Gasteiger partial charge in [0.1, 0.15) is 0 Å². The Morgan fingerprint density at radius 1 is 1.40 bits per heavy atom. The number of sulfonamides is 1. The van der Waals surface area contributed by atoms with Crippen molar-refractivity contribution >= 4 is 15.7 Å². The van der Waals surface area contributed by atoms with Crippen LogP contribution in [-0.2, 0) is 14.8 Å². The van der Waals surface area contributed by atoms with Gasteiger partial charge in [-0.25, -0.2) is 13.1 Å². The summed E-state index contributed by atoms with van der Waals surface area (Å²) in [4.78, 5) is 10.1. The number of nitro groups is 1. The molecule has 0 unspecified atom stereocenters. The fourth-order valence-electron chi connectivity index (χ4n) is 1.69. The van der Waals surface area contributed by atoms with Gasteiger partial charge in [-0.2, -0.15) is 0 Å². The molecule has 0 spiro atoms. The second-order valence-electron chi connectivity index (χ2n) is 4.11. The third-order valence-corrected chi connectivity index (χ3v) is 4.31. The van der Waals surface area contributed by atoms with Gasteiger partial charge in [0.15, 0.2) is 0 Å². The first kappa shape index (κ1) is 16.5. The summed E-state index contributed by atoms with van der Waals surface area (Å²) in [7, 11) is -3.74. The molecule has 1 aromatic rings. The molecule has 7 nitrogen and oxygen atoms in total. The lowest BCUT2D eigenvalue weighted by Gasteiger charge is -2.09. The van der Waals surface area contributed by atoms with Crippen LogP contribution in [0.25, 0.3) is 0 Å². The Labute approximate surface area is 118 Å². The molecule has 0 aliphatic rings. The highest BCUT2D eigenvalue weighted by Crippen LogP contribution is 2.24. The lowest BCUT2D eigenvalue weighted by molar-refractivity contribution is -0.385. The summed E-state index contributed by atoms with van der Waals surface area (Å²) in [6.07, 6.45) is 0.543. The van der Waals surface area contributed by atoms with Crippen LogP contribution in [0.3, 0.4) is 0 Å². The summed E-state index contributed by atoms with van der Waals surface area (Å²) in [6.45, 7) is 4.55. The summed E-state index contributed by atoms with van der Waals surface area (Å²) in [5.41, 5.74) is -0.0722. The van der Waals surface area contributed by atoms with Gasteiger partial charge in [-0.3, -0.25) is 10.1 Å². The molecule has 1 aromatic carbocycles. The summed E-state index contributed by atoms with van der Waals surface area (Å²) in [5, 5.41) is 10.8. The molecule has 0 heterocycles. The van der Waals surface area contributed by atoms with Gasteiger partial charge < -0.3 is 4.74 Å². The van der Waals surface area contributed by atoms with E-state index in [2.05, 4.69) is 4.72 Å². The number of nitrogens with one attached hydrogen (secondary N) is 1. The van der Waals surface area contributed by atoms with Gasteiger partial charge in [0, 0.05) is 31.4 Å². The van der Waals surface area contributed by atoms with Gasteiger partial charge in [-0.05, 0) is 26.3 Å². The lowest BCUT2D eigenvalue weighted by Crippen LogP contribution is -2.26. The molecule has 0 bridgehead atoms. The second-order valence-corrected chi connectivity index (χ2v) is 5.84. The Kier molecular flexibility index (Phi) is 6.05. The van der Waals surface area contributed by atoms with Gasteiger partial charge >= 0.3 is 0 Å². The zero-order valence-corrected chi connectivity index (χ0v) is 12.3. The van der Waals surface area contributed by atoms with Crippen molar-refractivity contribution in [3.8, 4) is 0 Å². The van der Waals surface area contributed by atoms with Crippen molar-refractivity contribution in [2.75, 3.05) is 19.8 Å². The van der Waals surface area contributed by atoms with Crippen molar-refractivity contribution in [3.63, 3.8) is 0 Å². The zero-order valence-electron chi connectivity index (χ0n) is 11.5.